The first kappa shape index (κ1) is 41.9. The number of esters is 2. The van der Waals surface area contributed by atoms with Crippen molar-refractivity contribution >= 4 is 11.9 Å². The van der Waals surface area contributed by atoms with Crippen molar-refractivity contribution in [2.75, 3.05) is 32.8 Å². The molecule has 256 valence electrons. The van der Waals surface area contributed by atoms with Crippen LogP contribution in [0.15, 0.2) is 0 Å². The van der Waals surface area contributed by atoms with Gasteiger partial charge in [0.2, 0.25) is 0 Å². The molecule has 1 atom stereocenters. The Morgan fingerprint density at radius 3 is 1.60 bits per heavy atom. The molecule has 0 aromatic carbocycles. The van der Waals surface area contributed by atoms with Crippen molar-refractivity contribution in [3.8, 4) is 0 Å². The highest BCUT2D eigenvalue weighted by Gasteiger charge is 2.14. The monoisotopic (exact) mass is 612 g/mol. The summed E-state index contributed by atoms with van der Waals surface area (Å²) in [5, 5.41) is 9.44. The predicted molar refractivity (Wildman–Crippen MR) is 181 cm³/mol. The van der Waals surface area contributed by atoms with Gasteiger partial charge in [-0.05, 0) is 64.5 Å². The molecule has 43 heavy (non-hydrogen) atoms. The molecule has 0 saturated heterocycles. The summed E-state index contributed by atoms with van der Waals surface area (Å²) >= 11 is 0. The molecule has 0 heterocycles. The number of carbonyl (C=O) groups excluding carboxylic acids is 2. The number of ether oxygens (including phenoxy) is 2. The van der Waals surface area contributed by atoms with E-state index in [0.29, 0.717) is 26.0 Å². The maximum absolute atomic E-state index is 12.5. The van der Waals surface area contributed by atoms with E-state index >= 15 is 0 Å². The molecule has 1 unspecified atom stereocenters. The minimum absolute atomic E-state index is 0.0101. The molecule has 6 nitrogen and oxygen atoms in total. The maximum atomic E-state index is 12.5. The van der Waals surface area contributed by atoms with E-state index in [2.05, 4.69) is 25.7 Å². The number of aliphatic hydroxyl groups is 1. The van der Waals surface area contributed by atoms with Crippen molar-refractivity contribution in [3.63, 3.8) is 0 Å². The summed E-state index contributed by atoms with van der Waals surface area (Å²) < 4.78 is 11.3. The minimum atomic E-state index is -0.0942. The minimum Gasteiger partial charge on any atom is -0.466 e. The molecule has 0 aromatic rings. The summed E-state index contributed by atoms with van der Waals surface area (Å²) in [6.45, 7) is 9.80. The molecule has 0 aromatic heterocycles. The molecule has 0 aliphatic rings. The van der Waals surface area contributed by atoms with Crippen LogP contribution in [0.25, 0.3) is 0 Å². The second-order valence-corrected chi connectivity index (χ2v) is 12.7. The number of aliphatic hydroxyl groups excluding tert-OH is 1. The fourth-order valence-electron chi connectivity index (χ4n) is 5.66. The van der Waals surface area contributed by atoms with E-state index in [4.69, 9.17) is 9.47 Å². The van der Waals surface area contributed by atoms with Crippen molar-refractivity contribution in [1.29, 1.82) is 0 Å². The lowest BCUT2D eigenvalue weighted by molar-refractivity contribution is -0.150. The number of rotatable bonds is 34. The van der Waals surface area contributed by atoms with E-state index in [9.17, 15) is 14.7 Å². The summed E-state index contributed by atoms with van der Waals surface area (Å²) in [5.74, 6) is -0.104. The normalized spacial score (nSPS) is 12.1. The lowest BCUT2D eigenvalue weighted by Crippen LogP contribution is -2.29. The Labute approximate surface area is 267 Å². The average molecular weight is 612 g/mol. The largest absolute Gasteiger partial charge is 0.466 e. The van der Waals surface area contributed by atoms with Crippen LogP contribution in [0.2, 0.25) is 0 Å². The van der Waals surface area contributed by atoms with Crippen molar-refractivity contribution in [2.24, 2.45) is 0 Å². The van der Waals surface area contributed by atoms with E-state index in [1.807, 2.05) is 0 Å². The lowest BCUT2D eigenvalue weighted by Gasteiger charge is -2.21. The zero-order valence-corrected chi connectivity index (χ0v) is 29.0. The zero-order valence-electron chi connectivity index (χ0n) is 29.0. The molecule has 1 N–H and O–H groups in total. The second-order valence-electron chi connectivity index (χ2n) is 12.7. The van der Waals surface area contributed by atoms with Crippen molar-refractivity contribution < 1.29 is 24.2 Å². The summed E-state index contributed by atoms with van der Waals surface area (Å²) in [6.07, 6.45) is 28.9. The Balaban J connectivity index is 3.96. The van der Waals surface area contributed by atoms with Gasteiger partial charge in [0.1, 0.15) is 6.10 Å². The van der Waals surface area contributed by atoms with E-state index in [0.717, 1.165) is 83.7 Å². The highest BCUT2D eigenvalue weighted by Crippen LogP contribution is 2.17. The third kappa shape index (κ3) is 30.7. The molecule has 0 spiro atoms. The fourth-order valence-corrected chi connectivity index (χ4v) is 5.66. The van der Waals surface area contributed by atoms with Crippen LogP contribution >= 0.6 is 0 Å². The van der Waals surface area contributed by atoms with Gasteiger partial charge >= 0.3 is 11.9 Å². The first-order valence-corrected chi connectivity index (χ1v) is 18.8. The van der Waals surface area contributed by atoms with Crippen molar-refractivity contribution in [1.82, 2.24) is 4.90 Å². The zero-order chi connectivity index (χ0) is 31.6. The van der Waals surface area contributed by atoms with Crippen LogP contribution < -0.4 is 0 Å². The quantitative estimate of drug-likeness (QED) is 0.0576. The topological polar surface area (TPSA) is 76.1 Å². The molecule has 0 bridgehead atoms. The molecule has 0 radical (unpaired) electrons. The van der Waals surface area contributed by atoms with Crippen LogP contribution in [-0.2, 0) is 19.1 Å². The Kier molecular flexibility index (Phi) is 32.9. The fraction of sp³-hybridized carbons (Fsp3) is 0.946. The van der Waals surface area contributed by atoms with Gasteiger partial charge in [-0.25, -0.2) is 0 Å². The van der Waals surface area contributed by atoms with E-state index < -0.39 is 0 Å². The van der Waals surface area contributed by atoms with Gasteiger partial charge in [-0.1, -0.05) is 124 Å². The van der Waals surface area contributed by atoms with Crippen molar-refractivity contribution in [3.05, 3.63) is 0 Å². The summed E-state index contributed by atoms with van der Waals surface area (Å²) in [5.41, 5.74) is 0. The van der Waals surface area contributed by atoms with Gasteiger partial charge in [0.25, 0.3) is 0 Å². The molecule has 0 saturated carbocycles. The smallest absolute Gasteiger partial charge is 0.306 e. The number of unbranched alkanes of at least 4 members (excludes halogenated alkanes) is 17. The van der Waals surface area contributed by atoms with Gasteiger partial charge in [0, 0.05) is 19.4 Å². The number of nitrogens with zero attached hydrogens (tertiary/aromatic N) is 1. The molecular weight excluding hydrogens is 538 g/mol. The van der Waals surface area contributed by atoms with Gasteiger partial charge in [-0.3, -0.25) is 9.59 Å². The summed E-state index contributed by atoms with van der Waals surface area (Å²) in [6, 6.07) is 0. The van der Waals surface area contributed by atoms with Crippen molar-refractivity contribution in [2.45, 2.75) is 194 Å². The number of hydrogen-bond acceptors (Lipinski definition) is 6. The SMILES string of the molecule is CCCCCCCCCOC(=O)CCCN(CCO)CCCCCCCC(=O)OC(CCCCCC)CCCCCCC. The highest BCUT2D eigenvalue weighted by molar-refractivity contribution is 5.69. The van der Waals surface area contributed by atoms with Gasteiger partial charge in [-0.15, -0.1) is 0 Å². The van der Waals surface area contributed by atoms with Gasteiger partial charge in [0.15, 0.2) is 0 Å². The van der Waals surface area contributed by atoms with Crippen LogP contribution in [0, 0.1) is 0 Å². The molecule has 6 heteroatoms. The molecule has 0 aliphatic heterocycles. The van der Waals surface area contributed by atoms with Crippen LogP contribution in [-0.4, -0.2) is 60.9 Å². The van der Waals surface area contributed by atoms with Crippen LogP contribution in [0.1, 0.15) is 188 Å². The predicted octanol–water partition coefficient (Wildman–Crippen LogP) is 9.94. The Bertz CT molecular complexity index is 600. The van der Waals surface area contributed by atoms with Gasteiger partial charge in [0.05, 0.1) is 13.2 Å². The second kappa shape index (κ2) is 33.7. The molecular formula is C37H73NO5. The highest BCUT2D eigenvalue weighted by atomic mass is 16.5. The molecule has 0 aliphatic carbocycles. The molecule has 0 fully saturated rings. The Morgan fingerprint density at radius 1 is 0.535 bits per heavy atom. The first-order chi connectivity index (χ1) is 21.1. The van der Waals surface area contributed by atoms with E-state index in [1.165, 1.54) is 83.5 Å². The summed E-state index contributed by atoms with van der Waals surface area (Å²) in [7, 11) is 0. The third-order valence-corrected chi connectivity index (χ3v) is 8.45. The Morgan fingerprint density at radius 2 is 1.00 bits per heavy atom. The first-order valence-electron chi connectivity index (χ1n) is 18.8. The van der Waals surface area contributed by atoms with Crippen LogP contribution in [0.5, 0.6) is 0 Å². The standard InChI is InChI=1S/C37H73NO5/c1-4-7-10-13-14-19-24-34-42-36(40)29-25-31-38(32-33-39)30-23-18-15-17-22-28-37(41)43-35(26-20-12-9-6-3)27-21-16-11-8-5-2/h35,39H,4-34H2,1-3H3. The third-order valence-electron chi connectivity index (χ3n) is 8.45. The lowest BCUT2D eigenvalue weighted by atomic mass is 10.0. The van der Waals surface area contributed by atoms with E-state index in [-0.39, 0.29) is 24.6 Å². The molecule has 0 rings (SSSR count). The maximum Gasteiger partial charge on any atom is 0.306 e. The van der Waals surface area contributed by atoms with Crippen LogP contribution in [0.4, 0.5) is 0 Å². The van der Waals surface area contributed by atoms with E-state index in [1.54, 1.807) is 0 Å². The van der Waals surface area contributed by atoms with Gasteiger partial charge in [-0.2, -0.15) is 0 Å². The number of carbonyl (C=O) groups is 2. The Hall–Kier alpha value is -1.14. The molecule has 0 amide bonds. The summed E-state index contributed by atoms with van der Waals surface area (Å²) in [4.78, 5) is 26.8. The van der Waals surface area contributed by atoms with Crippen LogP contribution in [0.3, 0.4) is 0 Å². The van der Waals surface area contributed by atoms with Gasteiger partial charge < -0.3 is 19.5 Å². The average Bonchev–Trinajstić information content (AvgIpc) is 2.99. The number of hydrogen-bond donors (Lipinski definition) is 1.